The van der Waals surface area contributed by atoms with E-state index in [2.05, 4.69) is 18.2 Å². The van der Waals surface area contributed by atoms with Gasteiger partial charge in [-0.15, -0.1) is 0 Å². The molecular formula is C12H13NO2. The average molecular weight is 203 g/mol. The van der Waals surface area contributed by atoms with Crippen LogP contribution in [-0.4, -0.2) is 24.5 Å². The van der Waals surface area contributed by atoms with E-state index in [1.54, 1.807) is 0 Å². The minimum atomic E-state index is -0.00792. The van der Waals surface area contributed by atoms with E-state index in [-0.39, 0.29) is 12.0 Å². The first-order valence-corrected chi connectivity index (χ1v) is 5.33. The largest absolute Gasteiger partial charge is 0.303 e. The van der Waals surface area contributed by atoms with Crippen molar-refractivity contribution in [3.63, 3.8) is 0 Å². The van der Waals surface area contributed by atoms with Crippen LogP contribution in [0.4, 0.5) is 0 Å². The Morgan fingerprint density at radius 1 is 1.40 bits per heavy atom. The molecular weight excluding hydrogens is 190 g/mol. The van der Waals surface area contributed by atoms with Gasteiger partial charge in [-0.25, -0.2) is 0 Å². The second kappa shape index (κ2) is 3.43. The van der Waals surface area contributed by atoms with Gasteiger partial charge < -0.3 is 4.79 Å². The van der Waals surface area contributed by atoms with Crippen LogP contribution in [0.1, 0.15) is 17.2 Å². The van der Waals surface area contributed by atoms with Crippen molar-refractivity contribution in [2.24, 2.45) is 5.92 Å². The average Bonchev–Trinajstić information content (AvgIpc) is 2.72. The third kappa shape index (κ3) is 1.31. The lowest BCUT2D eigenvalue weighted by atomic mass is 9.88. The normalized spacial score (nSPS) is 29.6. The SMILES string of the molecule is O=CC1CON2CCc3ccccc3C12. The number of hydrogen-bond donors (Lipinski definition) is 0. The number of fused-ring (bicyclic) bond motifs is 3. The summed E-state index contributed by atoms with van der Waals surface area (Å²) in [5.74, 6) is -0.00792. The molecule has 2 unspecified atom stereocenters. The number of nitrogens with zero attached hydrogens (tertiary/aromatic N) is 1. The molecule has 1 fully saturated rings. The van der Waals surface area contributed by atoms with E-state index in [0.717, 1.165) is 19.3 Å². The molecule has 0 saturated carbocycles. The predicted molar refractivity (Wildman–Crippen MR) is 55.1 cm³/mol. The van der Waals surface area contributed by atoms with Gasteiger partial charge in [-0.3, -0.25) is 4.84 Å². The molecule has 3 rings (SSSR count). The molecule has 2 heterocycles. The third-order valence-electron chi connectivity index (χ3n) is 3.30. The Labute approximate surface area is 88.6 Å². The quantitative estimate of drug-likeness (QED) is 0.645. The minimum Gasteiger partial charge on any atom is -0.303 e. The van der Waals surface area contributed by atoms with E-state index in [4.69, 9.17) is 4.84 Å². The van der Waals surface area contributed by atoms with E-state index in [9.17, 15) is 4.79 Å². The highest BCUT2D eigenvalue weighted by atomic mass is 16.7. The summed E-state index contributed by atoms with van der Waals surface area (Å²) in [7, 11) is 0. The second-order valence-corrected chi connectivity index (χ2v) is 4.13. The summed E-state index contributed by atoms with van der Waals surface area (Å²) in [6.45, 7) is 1.43. The molecule has 0 amide bonds. The van der Waals surface area contributed by atoms with E-state index in [1.165, 1.54) is 11.1 Å². The number of benzene rings is 1. The standard InChI is InChI=1S/C12H13NO2/c14-7-10-8-15-13-6-5-9-3-1-2-4-11(9)12(10)13/h1-4,7,10,12H,5-6,8H2. The molecule has 0 aromatic heterocycles. The predicted octanol–water partition coefficient (Wildman–Crippen LogP) is 1.35. The number of rotatable bonds is 1. The van der Waals surface area contributed by atoms with Gasteiger partial charge in [0.1, 0.15) is 6.29 Å². The summed E-state index contributed by atoms with van der Waals surface area (Å²) in [6.07, 6.45) is 2.03. The van der Waals surface area contributed by atoms with Crippen molar-refractivity contribution in [3.8, 4) is 0 Å². The second-order valence-electron chi connectivity index (χ2n) is 4.13. The van der Waals surface area contributed by atoms with Gasteiger partial charge in [-0.05, 0) is 17.5 Å². The maximum absolute atomic E-state index is 11.0. The van der Waals surface area contributed by atoms with Crippen molar-refractivity contribution in [1.82, 2.24) is 5.06 Å². The van der Waals surface area contributed by atoms with Crippen molar-refractivity contribution >= 4 is 6.29 Å². The number of hydrogen-bond acceptors (Lipinski definition) is 3. The third-order valence-corrected chi connectivity index (χ3v) is 3.30. The zero-order valence-corrected chi connectivity index (χ0v) is 8.43. The Morgan fingerprint density at radius 3 is 3.13 bits per heavy atom. The van der Waals surface area contributed by atoms with Crippen LogP contribution in [-0.2, 0) is 16.1 Å². The molecule has 2 atom stereocenters. The first-order chi connectivity index (χ1) is 7.40. The van der Waals surface area contributed by atoms with Crippen molar-refractivity contribution in [2.75, 3.05) is 13.2 Å². The van der Waals surface area contributed by atoms with E-state index >= 15 is 0 Å². The fourth-order valence-corrected chi connectivity index (χ4v) is 2.55. The molecule has 2 aliphatic rings. The Kier molecular flexibility index (Phi) is 2.08. The first kappa shape index (κ1) is 9.07. The van der Waals surface area contributed by atoms with Gasteiger partial charge in [0.05, 0.1) is 18.6 Å². The summed E-state index contributed by atoms with van der Waals surface area (Å²) in [6, 6.07) is 8.49. The van der Waals surface area contributed by atoms with Gasteiger partial charge in [-0.2, -0.15) is 5.06 Å². The monoisotopic (exact) mass is 203 g/mol. The fraction of sp³-hybridized carbons (Fsp3) is 0.417. The van der Waals surface area contributed by atoms with Crippen molar-refractivity contribution in [2.45, 2.75) is 12.5 Å². The van der Waals surface area contributed by atoms with Crippen molar-refractivity contribution in [1.29, 1.82) is 0 Å². The molecule has 3 nitrogen and oxygen atoms in total. The summed E-state index contributed by atoms with van der Waals surface area (Å²) in [5, 5.41) is 1.96. The van der Waals surface area contributed by atoms with Gasteiger partial charge in [-0.1, -0.05) is 24.3 Å². The molecule has 78 valence electrons. The van der Waals surface area contributed by atoms with E-state index in [0.29, 0.717) is 6.61 Å². The number of carbonyl (C=O) groups is 1. The van der Waals surface area contributed by atoms with Crippen LogP contribution >= 0.6 is 0 Å². The molecule has 0 bridgehead atoms. The van der Waals surface area contributed by atoms with Gasteiger partial charge in [0.15, 0.2) is 0 Å². The zero-order valence-electron chi connectivity index (χ0n) is 8.43. The van der Waals surface area contributed by atoms with Crippen molar-refractivity contribution < 1.29 is 9.63 Å². The summed E-state index contributed by atoms with van der Waals surface area (Å²) in [5.41, 5.74) is 2.62. The van der Waals surface area contributed by atoms with Gasteiger partial charge in [0.2, 0.25) is 0 Å². The van der Waals surface area contributed by atoms with Crippen LogP contribution in [0.15, 0.2) is 24.3 Å². The highest BCUT2D eigenvalue weighted by Gasteiger charge is 2.39. The van der Waals surface area contributed by atoms with Crippen LogP contribution < -0.4 is 0 Å². The maximum Gasteiger partial charge on any atom is 0.127 e. The maximum atomic E-state index is 11.0. The Bertz CT molecular complexity index is 391. The van der Waals surface area contributed by atoms with Crippen LogP contribution in [0.2, 0.25) is 0 Å². The van der Waals surface area contributed by atoms with Crippen LogP contribution in [0, 0.1) is 5.92 Å². The lowest BCUT2D eigenvalue weighted by molar-refractivity contribution is -0.136. The first-order valence-electron chi connectivity index (χ1n) is 5.33. The van der Waals surface area contributed by atoms with Crippen LogP contribution in [0.5, 0.6) is 0 Å². The van der Waals surface area contributed by atoms with E-state index < -0.39 is 0 Å². The number of hydroxylamine groups is 2. The number of carbonyl (C=O) groups excluding carboxylic acids is 1. The molecule has 0 spiro atoms. The highest BCUT2D eigenvalue weighted by molar-refractivity contribution is 5.57. The number of aldehydes is 1. The van der Waals surface area contributed by atoms with Gasteiger partial charge in [0, 0.05) is 6.54 Å². The smallest absolute Gasteiger partial charge is 0.127 e. The summed E-state index contributed by atoms with van der Waals surface area (Å²) >= 11 is 0. The fourth-order valence-electron chi connectivity index (χ4n) is 2.55. The molecule has 3 heteroatoms. The van der Waals surface area contributed by atoms with Gasteiger partial charge >= 0.3 is 0 Å². The summed E-state index contributed by atoms with van der Waals surface area (Å²) in [4.78, 5) is 16.5. The molecule has 1 saturated heterocycles. The Balaban J connectivity index is 2.05. The van der Waals surface area contributed by atoms with Crippen molar-refractivity contribution in [3.05, 3.63) is 35.4 Å². The van der Waals surface area contributed by atoms with E-state index in [1.807, 2.05) is 11.1 Å². The minimum absolute atomic E-state index is 0.00792. The molecule has 1 aromatic carbocycles. The lowest BCUT2D eigenvalue weighted by Crippen LogP contribution is -2.32. The van der Waals surface area contributed by atoms with Crippen LogP contribution in [0.25, 0.3) is 0 Å². The highest BCUT2D eigenvalue weighted by Crippen LogP contribution is 2.38. The molecule has 2 aliphatic heterocycles. The molecule has 15 heavy (non-hydrogen) atoms. The van der Waals surface area contributed by atoms with Gasteiger partial charge in [0.25, 0.3) is 0 Å². The Hall–Kier alpha value is -1.19. The summed E-state index contributed by atoms with van der Waals surface area (Å²) < 4.78 is 0. The molecule has 1 aromatic rings. The molecule has 0 N–H and O–H groups in total. The topological polar surface area (TPSA) is 29.5 Å². The van der Waals surface area contributed by atoms with Crippen LogP contribution in [0.3, 0.4) is 0 Å². The Morgan fingerprint density at radius 2 is 2.27 bits per heavy atom. The zero-order chi connectivity index (χ0) is 10.3. The lowest BCUT2D eigenvalue weighted by Gasteiger charge is -2.30. The molecule has 0 radical (unpaired) electrons. The molecule has 0 aliphatic carbocycles.